The highest BCUT2D eigenvalue weighted by atomic mass is 16.5. The minimum atomic E-state index is -0.444. The lowest BCUT2D eigenvalue weighted by Gasteiger charge is -2.23. The SMILES string of the molecule is O=C(CCCN1C(=O)c2ccccc2Cc2ccccc21)NO. The van der Waals surface area contributed by atoms with E-state index in [1.807, 2.05) is 48.5 Å². The smallest absolute Gasteiger partial charge is 0.258 e. The van der Waals surface area contributed by atoms with Crippen LogP contribution in [0.4, 0.5) is 5.69 Å². The predicted molar refractivity (Wildman–Crippen MR) is 86.5 cm³/mol. The topological polar surface area (TPSA) is 69.6 Å². The number of nitrogens with zero attached hydrogens (tertiary/aromatic N) is 1. The van der Waals surface area contributed by atoms with Crippen LogP contribution in [0.3, 0.4) is 0 Å². The van der Waals surface area contributed by atoms with Gasteiger partial charge in [-0.25, -0.2) is 5.48 Å². The first-order valence-corrected chi connectivity index (χ1v) is 7.61. The molecule has 2 aromatic rings. The number of benzene rings is 2. The van der Waals surface area contributed by atoms with Crippen LogP contribution in [0, 0.1) is 0 Å². The Balaban J connectivity index is 1.93. The molecule has 0 fully saturated rings. The summed E-state index contributed by atoms with van der Waals surface area (Å²) in [4.78, 5) is 25.8. The van der Waals surface area contributed by atoms with Crippen molar-refractivity contribution in [1.82, 2.24) is 5.48 Å². The van der Waals surface area contributed by atoms with Gasteiger partial charge >= 0.3 is 0 Å². The number of anilines is 1. The number of carbonyl (C=O) groups is 2. The van der Waals surface area contributed by atoms with E-state index in [1.54, 1.807) is 10.4 Å². The second kappa shape index (κ2) is 6.62. The number of nitrogens with one attached hydrogen (secondary N) is 1. The van der Waals surface area contributed by atoms with Gasteiger partial charge in [0.25, 0.3) is 5.91 Å². The fraction of sp³-hybridized carbons (Fsp3) is 0.222. The maximum atomic E-state index is 12.9. The van der Waals surface area contributed by atoms with Crippen LogP contribution in [0.25, 0.3) is 0 Å². The third-order valence-electron chi connectivity index (χ3n) is 4.07. The van der Waals surface area contributed by atoms with Crippen LogP contribution < -0.4 is 10.4 Å². The summed E-state index contributed by atoms with van der Waals surface area (Å²) in [6.07, 6.45) is 1.37. The Labute approximate surface area is 134 Å². The van der Waals surface area contributed by atoms with Crippen molar-refractivity contribution in [2.45, 2.75) is 19.3 Å². The molecule has 5 nitrogen and oxygen atoms in total. The van der Waals surface area contributed by atoms with Gasteiger partial charge in [-0.3, -0.25) is 14.8 Å². The van der Waals surface area contributed by atoms with Gasteiger partial charge in [0.15, 0.2) is 0 Å². The zero-order chi connectivity index (χ0) is 16.2. The number of amides is 2. The van der Waals surface area contributed by atoms with Crippen LogP contribution in [0.15, 0.2) is 48.5 Å². The number of carbonyl (C=O) groups excluding carboxylic acids is 2. The molecule has 5 heteroatoms. The van der Waals surface area contributed by atoms with Crippen molar-refractivity contribution < 1.29 is 14.8 Å². The summed E-state index contributed by atoms with van der Waals surface area (Å²) in [6.45, 7) is 0.428. The first kappa shape index (κ1) is 15.2. The molecular formula is C18H18N2O3. The summed E-state index contributed by atoms with van der Waals surface area (Å²) in [6, 6.07) is 15.5. The monoisotopic (exact) mass is 310 g/mol. The number of para-hydroxylation sites is 1. The Hall–Kier alpha value is -2.66. The van der Waals surface area contributed by atoms with Crippen molar-refractivity contribution in [3.63, 3.8) is 0 Å². The summed E-state index contributed by atoms with van der Waals surface area (Å²) in [5.41, 5.74) is 5.32. The molecule has 0 bridgehead atoms. The Morgan fingerprint density at radius 3 is 2.57 bits per heavy atom. The van der Waals surface area contributed by atoms with Gasteiger partial charge in [0.2, 0.25) is 5.91 Å². The molecule has 1 aliphatic heterocycles. The van der Waals surface area contributed by atoms with E-state index < -0.39 is 5.91 Å². The van der Waals surface area contributed by atoms with Crippen LogP contribution >= 0.6 is 0 Å². The summed E-state index contributed by atoms with van der Waals surface area (Å²) in [5, 5.41) is 8.58. The van der Waals surface area contributed by atoms with Crippen molar-refractivity contribution in [2.75, 3.05) is 11.4 Å². The van der Waals surface area contributed by atoms with Crippen molar-refractivity contribution >= 4 is 17.5 Å². The van der Waals surface area contributed by atoms with Gasteiger partial charge in [-0.1, -0.05) is 36.4 Å². The fourth-order valence-corrected chi connectivity index (χ4v) is 2.94. The molecule has 0 saturated heterocycles. The normalized spacial score (nSPS) is 13.1. The molecule has 3 rings (SSSR count). The van der Waals surface area contributed by atoms with Gasteiger partial charge in [-0.15, -0.1) is 0 Å². The molecule has 2 aromatic carbocycles. The van der Waals surface area contributed by atoms with Crippen molar-refractivity contribution in [2.24, 2.45) is 0 Å². The van der Waals surface area contributed by atoms with Gasteiger partial charge in [0, 0.05) is 30.6 Å². The quantitative estimate of drug-likeness (QED) is 0.673. The molecule has 0 atom stereocenters. The van der Waals surface area contributed by atoms with E-state index in [4.69, 9.17) is 5.21 Å². The van der Waals surface area contributed by atoms with E-state index >= 15 is 0 Å². The standard InChI is InChI=1S/C18H18N2O3/c21-17(19-23)10-5-11-20-16-9-4-2-7-14(16)12-13-6-1-3-8-15(13)18(20)22/h1-4,6-9,23H,5,10-12H2,(H,19,21). The minimum absolute atomic E-state index is 0.0463. The first-order chi connectivity index (χ1) is 11.2. The Kier molecular flexibility index (Phi) is 4.39. The van der Waals surface area contributed by atoms with Crippen molar-refractivity contribution in [1.29, 1.82) is 0 Å². The van der Waals surface area contributed by atoms with Gasteiger partial charge in [-0.05, 0) is 29.7 Å². The molecule has 23 heavy (non-hydrogen) atoms. The van der Waals surface area contributed by atoms with Crippen LogP contribution in [0.5, 0.6) is 0 Å². The molecule has 0 aromatic heterocycles. The van der Waals surface area contributed by atoms with E-state index in [9.17, 15) is 9.59 Å². The molecule has 0 radical (unpaired) electrons. The second-order valence-corrected chi connectivity index (χ2v) is 5.56. The third-order valence-corrected chi connectivity index (χ3v) is 4.07. The van der Waals surface area contributed by atoms with E-state index in [2.05, 4.69) is 0 Å². The van der Waals surface area contributed by atoms with E-state index in [0.717, 1.165) is 16.8 Å². The summed E-state index contributed by atoms with van der Waals surface area (Å²) < 4.78 is 0. The molecule has 2 amide bonds. The number of hydroxylamine groups is 1. The minimum Gasteiger partial charge on any atom is -0.308 e. The number of hydrogen-bond donors (Lipinski definition) is 2. The molecule has 0 saturated carbocycles. The highest BCUT2D eigenvalue weighted by molar-refractivity contribution is 6.08. The second-order valence-electron chi connectivity index (χ2n) is 5.56. The zero-order valence-corrected chi connectivity index (χ0v) is 12.7. The lowest BCUT2D eigenvalue weighted by molar-refractivity contribution is -0.129. The lowest BCUT2D eigenvalue weighted by atomic mass is 10.0. The molecule has 0 unspecified atom stereocenters. The number of fused-ring (bicyclic) bond motifs is 2. The van der Waals surface area contributed by atoms with Crippen molar-refractivity contribution in [3.05, 3.63) is 65.2 Å². The predicted octanol–water partition coefficient (Wildman–Crippen LogP) is 2.52. The van der Waals surface area contributed by atoms with Gasteiger partial charge in [0.05, 0.1) is 0 Å². The zero-order valence-electron chi connectivity index (χ0n) is 12.7. The van der Waals surface area contributed by atoms with E-state index in [0.29, 0.717) is 24.9 Å². The third kappa shape index (κ3) is 3.10. The molecule has 0 spiro atoms. The largest absolute Gasteiger partial charge is 0.308 e. The number of hydrogen-bond acceptors (Lipinski definition) is 3. The first-order valence-electron chi connectivity index (χ1n) is 7.61. The summed E-state index contributed by atoms with van der Waals surface area (Å²) >= 11 is 0. The Morgan fingerprint density at radius 1 is 1.09 bits per heavy atom. The Morgan fingerprint density at radius 2 is 1.78 bits per heavy atom. The van der Waals surface area contributed by atoms with Crippen LogP contribution in [0.1, 0.15) is 34.3 Å². The van der Waals surface area contributed by atoms with Crippen molar-refractivity contribution in [3.8, 4) is 0 Å². The summed E-state index contributed by atoms with van der Waals surface area (Å²) in [5.74, 6) is -0.490. The number of rotatable bonds is 4. The highest BCUT2D eigenvalue weighted by Gasteiger charge is 2.25. The average molecular weight is 310 g/mol. The Bertz CT molecular complexity index is 743. The molecule has 1 heterocycles. The summed E-state index contributed by atoms with van der Waals surface area (Å²) in [7, 11) is 0. The van der Waals surface area contributed by atoms with Gasteiger partial charge < -0.3 is 4.90 Å². The molecular weight excluding hydrogens is 292 g/mol. The van der Waals surface area contributed by atoms with Gasteiger partial charge in [0.1, 0.15) is 0 Å². The maximum absolute atomic E-state index is 12.9. The molecule has 2 N–H and O–H groups in total. The highest BCUT2D eigenvalue weighted by Crippen LogP contribution is 2.30. The lowest BCUT2D eigenvalue weighted by Crippen LogP contribution is -2.32. The molecule has 0 aliphatic carbocycles. The molecule has 1 aliphatic rings. The van der Waals surface area contributed by atoms with Crippen LogP contribution in [-0.2, 0) is 11.2 Å². The van der Waals surface area contributed by atoms with Crippen LogP contribution in [-0.4, -0.2) is 23.6 Å². The average Bonchev–Trinajstić information content (AvgIpc) is 2.70. The van der Waals surface area contributed by atoms with E-state index in [-0.39, 0.29) is 12.3 Å². The van der Waals surface area contributed by atoms with Crippen LogP contribution in [0.2, 0.25) is 0 Å². The maximum Gasteiger partial charge on any atom is 0.258 e. The molecule has 118 valence electrons. The van der Waals surface area contributed by atoms with Gasteiger partial charge in [-0.2, -0.15) is 0 Å². The fourth-order valence-electron chi connectivity index (χ4n) is 2.94. The van der Waals surface area contributed by atoms with E-state index in [1.165, 1.54) is 0 Å².